The molecule has 2 rings (SSSR count). The number of benzene rings is 1. The summed E-state index contributed by atoms with van der Waals surface area (Å²) in [4.78, 5) is 12.1. The van der Waals surface area contributed by atoms with Gasteiger partial charge in [-0.2, -0.15) is 0 Å². The van der Waals surface area contributed by atoms with Gasteiger partial charge in [0.25, 0.3) is 0 Å². The molecule has 2 N–H and O–H groups in total. The molecular weight excluding hydrogens is 214 g/mol. The van der Waals surface area contributed by atoms with Crippen molar-refractivity contribution in [1.82, 2.24) is 0 Å². The molecule has 1 heterocycles. The molecule has 88 valence electrons. The van der Waals surface area contributed by atoms with Crippen LogP contribution in [0.4, 0.5) is 0 Å². The van der Waals surface area contributed by atoms with Gasteiger partial charge in [0.2, 0.25) is 0 Å². The smallest absolute Gasteiger partial charge is 0.149 e. The van der Waals surface area contributed by atoms with Crippen LogP contribution in [0, 0.1) is 0 Å². The molecule has 0 spiro atoms. The third-order valence-corrected chi connectivity index (χ3v) is 2.75. The molecule has 0 fully saturated rings. The molecule has 2 aromatic rings. The van der Waals surface area contributed by atoms with Crippen LogP contribution in [-0.2, 0) is 11.2 Å². The summed E-state index contributed by atoms with van der Waals surface area (Å²) in [6.45, 7) is 0.323. The average Bonchev–Trinajstić information content (AvgIpc) is 2.84. The summed E-state index contributed by atoms with van der Waals surface area (Å²) in [5.74, 6) is 0.527. The first-order chi connectivity index (χ1) is 8.31. The summed E-state index contributed by atoms with van der Waals surface area (Å²) in [6, 6.07) is 13.2. The zero-order valence-electron chi connectivity index (χ0n) is 9.50. The Morgan fingerprint density at radius 1 is 1.18 bits per heavy atom. The van der Waals surface area contributed by atoms with Gasteiger partial charge in [0, 0.05) is 6.54 Å². The second kappa shape index (κ2) is 5.46. The topological polar surface area (TPSA) is 56.2 Å². The van der Waals surface area contributed by atoms with E-state index in [0.717, 1.165) is 5.56 Å². The van der Waals surface area contributed by atoms with Crippen LogP contribution in [-0.4, -0.2) is 12.3 Å². The molecule has 1 atom stereocenters. The number of Topliss-reactive ketones (excluding diaryl/α,β-unsaturated/α-hetero) is 1. The lowest BCUT2D eigenvalue weighted by Gasteiger charge is -2.13. The van der Waals surface area contributed by atoms with Gasteiger partial charge in [0.15, 0.2) is 0 Å². The van der Waals surface area contributed by atoms with E-state index in [9.17, 15) is 4.79 Å². The number of rotatable bonds is 5. The van der Waals surface area contributed by atoms with Crippen molar-refractivity contribution < 1.29 is 9.21 Å². The molecule has 0 bridgehead atoms. The third kappa shape index (κ3) is 2.82. The lowest BCUT2D eigenvalue weighted by molar-refractivity contribution is -0.119. The molecule has 0 amide bonds. The van der Waals surface area contributed by atoms with Gasteiger partial charge in [-0.1, -0.05) is 30.3 Å². The van der Waals surface area contributed by atoms with E-state index in [1.54, 1.807) is 18.4 Å². The third-order valence-electron chi connectivity index (χ3n) is 2.75. The molecule has 0 aliphatic heterocycles. The lowest BCUT2D eigenvalue weighted by Crippen LogP contribution is -2.23. The van der Waals surface area contributed by atoms with E-state index in [2.05, 4.69) is 0 Å². The zero-order chi connectivity index (χ0) is 12.1. The van der Waals surface area contributed by atoms with Crippen molar-refractivity contribution in [2.75, 3.05) is 6.54 Å². The number of carbonyl (C=O) groups is 1. The summed E-state index contributed by atoms with van der Waals surface area (Å²) in [6.07, 6.45) is 1.87. The highest BCUT2D eigenvalue weighted by Crippen LogP contribution is 2.17. The van der Waals surface area contributed by atoms with Crippen LogP contribution in [0.2, 0.25) is 0 Å². The fraction of sp³-hybridized carbons (Fsp3) is 0.214. The van der Waals surface area contributed by atoms with Gasteiger partial charge >= 0.3 is 0 Å². The van der Waals surface area contributed by atoms with Gasteiger partial charge in [-0.3, -0.25) is 4.79 Å². The Bertz CT molecular complexity index is 462. The van der Waals surface area contributed by atoms with Gasteiger partial charge in [0.05, 0.1) is 18.6 Å². The Hall–Kier alpha value is -1.87. The summed E-state index contributed by atoms with van der Waals surface area (Å²) in [5, 5.41) is 0. The standard InChI is InChI=1S/C14H15NO2/c15-10-13(11-5-2-1-3-6-11)14(16)9-12-7-4-8-17-12/h1-8,13H,9-10,15H2. The fourth-order valence-corrected chi connectivity index (χ4v) is 1.85. The van der Waals surface area contributed by atoms with E-state index in [0.29, 0.717) is 18.7 Å². The Morgan fingerprint density at radius 3 is 2.53 bits per heavy atom. The summed E-state index contributed by atoms with van der Waals surface area (Å²) >= 11 is 0. The highest BCUT2D eigenvalue weighted by atomic mass is 16.3. The highest BCUT2D eigenvalue weighted by molar-refractivity contribution is 5.87. The van der Waals surface area contributed by atoms with Crippen molar-refractivity contribution in [1.29, 1.82) is 0 Å². The van der Waals surface area contributed by atoms with E-state index < -0.39 is 0 Å². The van der Waals surface area contributed by atoms with Gasteiger partial charge in [-0.05, 0) is 17.7 Å². The number of hydrogen-bond donors (Lipinski definition) is 1. The second-order valence-corrected chi connectivity index (χ2v) is 3.92. The van der Waals surface area contributed by atoms with Crippen LogP contribution in [0.25, 0.3) is 0 Å². The molecule has 0 aliphatic carbocycles. The van der Waals surface area contributed by atoms with E-state index >= 15 is 0 Å². The predicted octanol–water partition coefficient (Wildman–Crippen LogP) is 2.13. The highest BCUT2D eigenvalue weighted by Gasteiger charge is 2.19. The van der Waals surface area contributed by atoms with Crippen molar-refractivity contribution in [2.45, 2.75) is 12.3 Å². The molecule has 0 aliphatic rings. The van der Waals surface area contributed by atoms with E-state index in [1.807, 2.05) is 30.3 Å². The number of carbonyl (C=O) groups excluding carboxylic acids is 1. The van der Waals surface area contributed by atoms with Gasteiger partial charge < -0.3 is 10.2 Å². The monoisotopic (exact) mass is 229 g/mol. The van der Waals surface area contributed by atoms with Crippen molar-refractivity contribution >= 4 is 5.78 Å². The van der Waals surface area contributed by atoms with Gasteiger partial charge in [-0.15, -0.1) is 0 Å². The minimum absolute atomic E-state index is 0.0913. The van der Waals surface area contributed by atoms with Crippen molar-refractivity contribution in [3.8, 4) is 0 Å². The van der Waals surface area contributed by atoms with E-state index in [1.165, 1.54) is 0 Å². The van der Waals surface area contributed by atoms with E-state index in [4.69, 9.17) is 10.2 Å². The second-order valence-electron chi connectivity index (χ2n) is 3.92. The molecular formula is C14H15NO2. The first-order valence-corrected chi connectivity index (χ1v) is 5.61. The Morgan fingerprint density at radius 2 is 1.94 bits per heavy atom. The lowest BCUT2D eigenvalue weighted by atomic mass is 9.92. The number of ketones is 1. The molecule has 1 unspecified atom stereocenters. The molecule has 0 saturated carbocycles. The Balaban J connectivity index is 2.11. The maximum absolute atomic E-state index is 12.1. The molecule has 0 saturated heterocycles. The summed E-state index contributed by atoms with van der Waals surface area (Å²) in [5.41, 5.74) is 6.65. The molecule has 3 heteroatoms. The van der Waals surface area contributed by atoms with Crippen LogP contribution in [0.15, 0.2) is 53.1 Å². The zero-order valence-corrected chi connectivity index (χ0v) is 9.50. The molecule has 3 nitrogen and oxygen atoms in total. The van der Waals surface area contributed by atoms with Crippen LogP contribution in [0.5, 0.6) is 0 Å². The fourth-order valence-electron chi connectivity index (χ4n) is 1.85. The van der Waals surface area contributed by atoms with Crippen LogP contribution in [0.3, 0.4) is 0 Å². The minimum Gasteiger partial charge on any atom is -0.469 e. The van der Waals surface area contributed by atoms with E-state index in [-0.39, 0.29) is 11.7 Å². The molecule has 1 aromatic heterocycles. The molecule has 0 radical (unpaired) electrons. The largest absolute Gasteiger partial charge is 0.469 e. The van der Waals surface area contributed by atoms with Crippen LogP contribution >= 0.6 is 0 Å². The first kappa shape index (κ1) is 11.6. The SMILES string of the molecule is NCC(C(=O)Cc1ccco1)c1ccccc1. The molecule has 1 aromatic carbocycles. The summed E-state index contributed by atoms with van der Waals surface area (Å²) < 4.78 is 5.17. The Labute approximate surface area is 100 Å². The number of furan rings is 1. The Kier molecular flexibility index (Phi) is 3.73. The summed E-state index contributed by atoms with van der Waals surface area (Å²) in [7, 11) is 0. The van der Waals surface area contributed by atoms with Crippen molar-refractivity contribution in [3.05, 3.63) is 60.1 Å². The average molecular weight is 229 g/mol. The van der Waals surface area contributed by atoms with Gasteiger partial charge in [-0.25, -0.2) is 0 Å². The number of hydrogen-bond acceptors (Lipinski definition) is 3. The maximum atomic E-state index is 12.1. The van der Waals surface area contributed by atoms with Crippen molar-refractivity contribution in [3.63, 3.8) is 0 Å². The van der Waals surface area contributed by atoms with Gasteiger partial charge in [0.1, 0.15) is 11.5 Å². The quantitative estimate of drug-likeness (QED) is 0.854. The molecule has 17 heavy (non-hydrogen) atoms. The number of nitrogens with two attached hydrogens (primary N) is 1. The minimum atomic E-state index is -0.249. The maximum Gasteiger partial charge on any atom is 0.149 e. The van der Waals surface area contributed by atoms with Crippen LogP contribution in [0.1, 0.15) is 17.2 Å². The van der Waals surface area contributed by atoms with Crippen LogP contribution < -0.4 is 5.73 Å². The predicted molar refractivity (Wildman–Crippen MR) is 65.7 cm³/mol. The normalized spacial score (nSPS) is 12.3. The first-order valence-electron chi connectivity index (χ1n) is 5.61. The van der Waals surface area contributed by atoms with Crippen molar-refractivity contribution in [2.24, 2.45) is 5.73 Å².